The molecule has 1 fully saturated rings. The van der Waals surface area contributed by atoms with Crippen molar-refractivity contribution in [3.05, 3.63) is 28.8 Å². The van der Waals surface area contributed by atoms with Crippen LogP contribution >= 0.6 is 24.0 Å². The van der Waals surface area contributed by atoms with Crippen LogP contribution in [0, 0.1) is 6.92 Å². The summed E-state index contributed by atoms with van der Waals surface area (Å²) in [5.41, 5.74) is 0.757. The molecular weight excluding hydrogens is 402 g/mol. The number of sulfonamides is 1. The number of rotatable bonds is 5. The van der Waals surface area contributed by atoms with Crippen molar-refractivity contribution < 1.29 is 21.6 Å². The summed E-state index contributed by atoms with van der Waals surface area (Å²) in [5, 5.41) is 2.95. The van der Waals surface area contributed by atoms with Gasteiger partial charge in [-0.05, 0) is 24.6 Å². The summed E-state index contributed by atoms with van der Waals surface area (Å²) in [6, 6.07) is 2.40. The maximum absolute atomic E-state index is 13.3. The highest BCUT2D eigenvalue weighted by atomic mass is 35.5. The van der Waals surface area contributed by atoms with Gasteiger partial charge >= 0.3 is 6.18 Å². The molecule has 1 aliphatic heterocycles. The summed E-state index contributed by atoms with van der Waals surface area (Å²) in [4.78, 5) is 1.01. The summed E-state index contributed by atoms with van der Waals surface area (Å²) < 4.78 is 66.5. The van der Waals surface area contributed by atoms with Gasteiger partial charge in [-0.25, -0.2) is 13.1 Å². The highest BCUT2D eigenvalue weighted by molar-refractivity contribution is 7.89. The third kappa shape index (κ3) is 5.97. The van der Waals surface area contributed by atoms with Gasteiger partial charge < -0.3 is 5.32 Å². The van der Waals surface area contributed by atoms with Gasteiger partial charge in [-0.15, -0.1) is 12.4 Å². The van der Waals surface area contributed by atoms with E-state index in [4.69, 9.17) is 11.6 Å². The first-order valence-corrected chi connectivity index (χ1v) is 9.24. The molecule has 0 saturated carbocycles. The van der Waals surface area contributed by atoms with E-state index in [0.29, 0.717) is 13.1 Å². The van der Waals surface area contributed by atoms with Crippen molar-refractivity contribution in [2.45, 2.75) is 24.0 Å². The predicted molar refractivity (Wildman–Crippen MR) is 92.9 cm³/mol. The van der Waals surface area contributed by atoms with Crippen LogP contribution in [0.5, 0.6) is 0 Å². The van der Waals surface area contributed by atoms with E-state index in [9.17, 15) is 21.6 Å². The third-order valence-electron chi connectivity index (χ3n) is 3.81. The van der Waals surface area contributed by atoms with Crippen LogP contribution < -0.4 is 10.0 Å². The maximum Gasteiger partial charge on any atom is 0.405 e. The van der Waals surface area contributed by atoms with E-state index in [1.807, 2.05) is 4.72 Å². The molecule has 1 saturated heterocycles. The highest BCUT2D eigenvalue weighted by Gasteiger charge is 2.44. The van der Waals surface area contributed by atoms with Gasteiger partial charge in [0.1, 0.15) is 10.9 Å². The van der Waals surface area contributed by atoms with Crippen LogP contribution in [0.3, 0.4) is 0 Å². The number of benzene rings is 1. The first kappa shape index (κ1) is 22.5. The molecule has 0 aromatic heterocycles. The van der Waals surface area contributed by atoms with Crippen LogP contribution in [0.25, 0.3) is 0 Å². The normalized spacial score (nSPS) is 17.8. The Morgan fingerprint density at radius 2 is 1.92 bits per heavy atom. The summed E-state index contributed by atoms with van der Waals surface area (Å²) in [6.07, 6.45) is -4.53. The zero-order valence-corrected chi connectivity index (χ0v) is 15.8. The van der Waals surface area contributed by atoms with E-state index in [0.717, 1.165) is 5.56 Å². The smallest absolute Gasteiger partial charge is 0.314 e. The molecule has 1 aromatic carbocycles. The van der Waals surface area contributed by atoms with Crippen molar-refractivity contribution >= 4 is 34.0 Å². The van der Waals surface area contributed by atoms with Gasteiger partial charge in [-0.3, -0.25) is 4.90 Å². The van der Waals surface area contributed by atoms with Crippen molar-refractivity contribution in [2.75, 3.05) is 32.7 Å². The van der Waals surface area contributed by atoms with E-state index in [1.54, 1.807) is 6.92 Å². The fraction of sp³-hybridized carbons (Fsp3) is 0.571. The average molecular weight is 422 g/mol. The minimum atomic E-state index is -4.53. The van der Waals surface area contributed by atoms with E-state index < -0.39 is 28.8 Å². The van der Waals surface area contributed by atoms with Gasteiger partial charge in [-0.2, -0.15) is 13.2 Å². The number of piperazine rings is 1. The standard InChI is InChI=1S/C14H19ClF3N3O2S.ClH/c1-10-2-3-12(11(15)8-10)24(22,23)20-9-13(14(16,17)18)21-6-4-19-5-7-21;/h2-3,8,13,19-20H,4-7,9H2,1H3;1H. The number of hydrogen-bond acceptors (Lipinski definition) is 4. The molecular formula is C14H20Cl2F3N3O2S. The average Bonchev–Trinajstić information content (AvgIpc) is 2.46. The molecule has 5 nitrogen and oxygen atoms in total. The number of nitrogens with one attached hydrogen (secondary N) is 2. The van der Waals surface area contributed by atoms with E-state index in [1.165, 1.54) is 23.1 Å². The molecule has 11 heteroatoms. The summed E-state index contributed by atoms with van der Waals surface area (Å²) in [5.74, 6) is 0. The van der Waals surface area contributed by atoms with Crippen LogP contribution in [-0.2, 0) is 10.0 Å². The molecule has 1 heterocycles. The zero-order chi connectivity index (χ0) is 18.0. The molecule has 1 atom stereocenters. The lowest BCUT2D eigenvalue weighted by atomic mass is 10.2. The fourth-order valence-electron chi connectivity index (χ4n) is 2.54. The summed E-state index contributed by atoms with van der Waals surface area (Å²) >= 11 is 5.91. The van der Waals surface area contributed by atoms with E-state index >= 15 is 0 Å². The Hall–Kier alpha value is -0.580. The van der Waals surface area contributed by atoms with Crippen LogP contribution in [0.1, 0.15) is 5.56 Å². The molecule has 144 valence electrons. The number of nitrogens with zero attached hydrogens (tertiary/aromatic N) is 1. The molecule has 25 heavy (non-hydrogen) atoms. The lowest BCUT2D eigenvalue weighted by molar-refractivity contribution is -0.182. The second kappa shape index (κ2) is 8.88. The predicted octanol–water partition coefficient (Wildman–Crippen LogP) is 2.18. The van der Waals surface area contributed by atoms with Gasteiger partial charge in [0.25, 0.3) is 0 Å². The van der Waals surface area contributed by atoms with Gasteiger partial charge in [-0.1, -0.05) is 17.7 Å². The molecule has 0 amide bonds. The van der Waals surface area contributed by atoms with Crippen molar-refractivity contribution in [3.63, 3.8) is 0 Å². The highest BCUT2D eigenvalue weighted by Crippen LogP contribution is 2.26. The maximum atomic E-state index is 13.3. The third-order valence-corrected chi connectivity index (χ3v) is 5.72. The Labute approximate surface area is 156 Å². The molecule has 1 aliphatic rings. The number of aryl methyl sites for hydroxylation is 1. The molecule has 1 aromatic rings. The summed E-state index contributed by atoms with van der Waals surface area (Å²) in [7, 11) is -4.13. The van der Waals surface area contributed by atoms with Crippen LogP contribution in [0.15, 0.2) is 23.1 Å². The Balaban J connectivity index is 0.00000312. The Kier molecular flexibility index (Phi) is 7.97. The zero-order valence-electron chi connectivity index (χ0n) is 13.4. The first-order chi connectivity index (χ1) is 11.1. The van der Waals surface area contributed by atoms with Gasteiger partial charge in [0.05, 0.1) is 5.02 Å². The second-order valence-corrected chi connectivity index (χ2v) is 7.77. The van der Waals surface area contributed by atoms with Gasteiger partial charge in [0, 0.05) is 32.7 Å². The number of hydrogen-bond donors (Lipinski definition) is 2. The van der Waals surface area contributed by atoms with Crippen molar-refractivity contribution in [1.29, 1.82) is 0 Å². The second-order valence-electron chi connectivity index (χ2n) is 5.63. The minimum absolute atomic E-state index is 0. The summed E-state index contributed by atoms with van der Waals surface area (Å²) in [6.45, 7) is 2.26. The molecule has 0 radical (unpaired) electrons. The molecule has 2 N–H and O–H groups in total. The van der Waals surface area contributed by atoms with Crippen molar-refractivity contribution in [3.8, 4) is 0 Å². The fourth-order valence-corrected chi connectivity index (χ4v) is 4.17. The molecule has 0 aliphatic carbocycles. The van der Waals surface area contributed by atoms with Crippen molar-refractivity contribution in [2.24, 2.45) is 0 Å². The van der Waals surface area contributed by atoms with Crippen molar-refractivity contribution in [1.82, 2.24) is 14.9 Å². The molecule has 0 bridgehead atoms. The van der Waals surface area contributed by atoms with Gasteiger partial charge in [0.2, 0.25) is 10.0 Å². The van der Waals surface area contributed by atoms with Crippen LogP contribution in [-0.4, -0.2) is 58.3 Å². The first-order valence-electron chi connectivity index (χ1n) is 7.38. The quantitative estimate of drug-likeness (QED) is 0.764. The van der Waals surface area contributed by atoms with Crippen LogP contribution in [0.2, 0.25) is 5.02 Å². The Morgan fingerprint density at radius 3 is 2.44 bits per heavy atom. The SMILES string of the molecule is Cc1ccc(S(=O)(=O)NCC(N2CCNCC2)C(F)(F)F)c(Cl)c1.Cl. The topological polar surface area (TPSA) is 61.4 Å². The Morgan fingerprint density at radius 1 is 1.32 bits per heavy atom. The molecule has 1 unspecified atom stereocenters. The minimum Gasteiger partial charge on any atom is -0.314 e. The van der Waals surface area contributed by atoms with E-state index in [2.05, 4.69) is 5.32 Å². The lowest BCUT2D eigenvalue weighted by Gasteiger charge is -2.35. The molecule has 0 spiro atoms. The van der Waals surface area contributed by atoms with E-state index in [-0.39, 0.29) is 35.4 Å². The lowest BCUT2D eigenvalue weighted by Crippen LogP contribution is -2.57. The Bertz CT molecular complexity index is 680. The largest absolute Gasteiger partial charge is 0.405 e. The van der Waals surface area contributed by atoms with Crippen LogP contribution in [0.4, 0.5) is 13.2 Å². The van der Waals surface area contributed by atoms with Gasteiger partial charge in [0.15, 0.2) is 0 Å². The molecule has 2 rings (SSSR count). The number of alkyl halides is 3. The monoisotopic (exact) mass is 421 g/mol. The number of halogens is 5.